The molecule has 146 valence electrons. The maximum atomic E-state index is 12.2. The summed E-state index contributed by atoms with van der Waals surface area (Å²) in [6.07, 6.45) is 0.901. The maximum Gasteiger partial charge on any atom is 0.200 e. The molecule has 0 saturated heterocycles. The van der Waals surface area contributed by atoms with Crippen molar-refractivity contribution in [2.75, 3.05) is 0 Å². The Bertz CT molecular complexity index is 1360. The molecule has 0 N–H and O–H groups in total. The van der Waals surface area contributed by atoms with Gasteiger partial charge in [-0.05, 0) is 53.9 Å². The Balaban J connectivity index is 0.000000128. The van der Waals surface area contributed by atoms with E-state index in [-0.39, 0.29) is 5.43 Å². The van der Waals surface area contributed by atoms with Crippen molar-refractivity contribution in [3.8, 4) is 0 Å². The second kappa shape index (κ2) is 7.73. The summed E-state index contributed by atoms with van der Waals surface area (Å²) in [7, 11) is -0.990. The predicted molar refractivity (Wildman–Crippen MR) is 120 cm³/mol. The van der Waals surface area contributed by atoms with E-state index in [9.17, 15) is 9.00 Å². The summed E-state index contributed by atoms with van der Waals surface area (Å²) < 4.78 is 17.8. The zero-order chi connectivity index (χ0) is 20.5. The number of rotatable bonds is 0. The van der Waals surface area contributed by atoms with Gasteiger partial charge in [-0.1, -0.05) is 60.7 Å². The average Bonchev–Trinajstić information content (AvgIpc) is 2.80. The predicted octanol–water partition coefficient (Wildman–Crippen LogP) is 5.70. The van der Waals surface area contributed by atoms with Gasteiger partial charge in [-0.15, -0.1) is 0 Å². The minimum Gasteiger partial charge on any atom is -0.456 e. The summed E-state index contributed by atoms with van der Waals surface area (Å²) in [5.74, 6) is 0. The van der Waals surface area contributed by atoms with E-state index in [0.717, 1.165) is 16.2 Å². The molecule has 0 unspecified atom stereocenters. The number of para-hydroxylation sites is 2. The van der Waals surface area contributed by atoms with Gasteiger partial charge >= 0.3 is 0 Å². The molecular formula is C26H18O3S. The highest BCUT2D eigenvalue weighted by atomic mass is 32.2. The molecule has 5 aromatic rings. The third-order valence-electron chi connectivity index (χ3n) is 5.21. The van der Waals surface area contributed by atoms with Crippen molar-refractivity contribution in [3.05, 3.63) is 118 Å². The number of fused-ring (bicyclic) bond motifs is 4. The summed E-state index contributed by atoms with van der Waals surface area (Å²) in [6, 6.07) is 30.5. The third kappa shape index (κ3) is 3.25. The van der Waals surface area contributed by atoms with Gasteiger partial charge in [0.15, 0.2) is 0 Å². The van der Waals surface area contributed by atoms with Crippen LogP contribution in [0.25, 0.3) is 21.9 Å². The van der Waals surface area contributed by atoms with Gasteiger partial charge < -0.3 is 4.42 Å². The van der Waals surface area contributed by atoms with E-state index in [0.29, 0.717) is 21.9 Å². The van der Waals surface area contributed by atoms with Crippen LogP contribution in [0.3, 0.4) is 0 Å². The van der Waals surface area contributed by atoms with E-state index in [1.54, 1.807) is 12.1 Å². The minimum atomic E-state index is -0.990. The van der Waals surface area contributed by atoms with Crippen molar-refractivity contribution in [2.45, 2.75) is 16.2 Å². The first-order valence-electron chi connectivity index (χ1n) is 9.70. The van der Waals surface area contributed by atoms with E-state index in [4.69, 9.17) is 4.42 Å². The Kier molecular flexibility index (Phi) is 4.77. The van der Waals surface area contributed by atoms with Gasteiger partial charge in [0.25, 0.3) is 0 Å². The summed E-state index contributed by atoms with van der Waals surface area (Å²) in [5, 5.41) is 1.27. The molecule has 1 aliphatic rings. The molecule has 30 heavy (non-hydrogen) atoms. The topological polar surface area (TPSA) is 47.3 Å². The standard InChI is InChI=1S/C13H8O2.C13H10OS/c14-13-9-5-1-3-7-11(9)15-12-8-4-2-6-10(12)13;14-15-12-7-3-1-5-10(12)9-11-6-2-4-8-13(11)15/h1-8H;1-8H,9H2. The van der Waals surface area contributed by atoms with Crippen molar-refractivity contribution in [3.63, 3.8) is 0 Å². The molecule has 1 aliphatic heterocycles. The molecule has 4 aromatic carbocycles. The van der Waals surface area contributed by atoms with E-state index >= 15 is 0 Å². The number of hydrogen-bond acceptors (Lipinski definition) is 3. The molecule has 2 heterocycles. The Morgan fingerprint density at radius 2 is 1.03 bits per heavy atom. The molecule has 0 spiro atoms. The number of benzene rings is 4. The molecule has 0 amide bonds. The van der Waals surface area contributed by atoms with Crippen molar-refractivity contribution in [1.29, 1.82) is 0 Å². The van der Waals surface area contributed by atoms with E-state index in [1.807, 2.05) is 72.8 Å². The summed E-state index contributed by atoms with van der Waals surface area (Å²) in [5.41, 5.74) is 3.69. The Labute approximate surface area is 176 Å². The lowest BCUT2D eigenvalue weighted by atomic mass is 10.0. The van der Waals surface area contributed by atoms with Crippen LogP contribution in [-0.4, -0.2) is 4.21 Å². The van der Waals surface area contributed by atoms with Crippen LogP contribution in [0.15, 0.2) is 116 Å². The summed E-state index contributed by atoms with van der Waals surface area (Å²) >= 11 is 0. The first kappa shape index (κ1) is 18.5. The van der Waals surface area contributed by atoms with E-state index in [2.05, 4.69) is 12.1 Å². The van der Waals surface area contributed by atoms with Crippen molar-refractivity contribution in [2.24, 2.45) is 0 Å². The fourth-order valence-electron chi connectivity index (χ4n) is 3.74. The van der Waals surface area contributed by atoms with Crippen LogP contribution in [0.1, 0.15) is 11.1 Å². The molecule has 0 saturated carbocycles. The zero-order valence-corrected chi connectivity index (χ0v) is 16.9. The highest BCUT2D eigenvalue weighted by molar-refractivity contribution is 7.85. The molecule has 4 heteroatoms. The molecule has 0 fully saturated rings. The first-order chi connectivity index (χ1) is 14.7. The second-order valence-electron chi connectivity index (χ2n) is 7.08. The zero-order valence-electron chi connectivity index (χ0n) is 16.1. The quantitative estimate of drug-likeness (QED) is 0.302. The van der Waals surface area contributed by atoms with Crippen LogP contribution in [-0.2, 0) is 17.2 Å². The van der Waals surface area contributed by atoms with Crippen LogP contribution in [0.5, 0.6) is 0 Å². The largest absolute Gasteiger partial charge is 0.456 e. The fraction of sp³-hybridized carbons (Fsp3) is 0.0385. The first-order valence-corrected chi connectivity index (χ1v) is 10.9. The highest BCUT2D eigenvalue weighted by Gasteiger charge is 2.20. The van der Waals surface area contributed by atoms with Gasteiger partial charge in [0.1, 0.15) is 11.2 Å². The van der Waals surface area contributed by atoms with Crippen molar-refractivity contribution in [1.82, 2.24) is 0 Å². The molecule has 0 atom stereocenters. The minimum absolute atomic E-state index is 0.0347. The monoisotopic (exact) mass is 410 g/mol. The molecular weight excluding hydrogens is 392 g/mol. The van der Waals surface area contributed by atoms with Crippen LogP contribution in [0.4, 0.5) is 0 Å². The molecule has 1 aromatic heterocycles. The molecule has 3 nitrogen and oxygen atoms in total. The van der Waals surface area contributed by atoms with Crippen molar-refractivity contribution < 1.29 is 8.63 Å². The maximum absolute atomic E-state index is 12.2. The van der Waals surface area contributed by atoms with Crippen LogP contribution in [0.2, 0.25) is 0 Å². The smallest absolute Gasteiger partial charge is 0.200 e. The normalized spacial score (nSPS) is 12.7. The molecule has 0 bridgehead atoms. The Hall–Kier alpha value is -3.50. The lowest BCUT2D eigenvalue weighted by Gasteiger charge is -2.18. The van der Waals surface area contributed by atoms with Gasteiger partial charge in [-0.2, -0.15) is 0 Å². The van der Waals surface area contributed by atoms with Gasteiger partial charge in [-0.3, -0.25) is 4.79 Å². The highest BCUT2D eigenvalue weighted by Crippen LogP contribution is 2.30. The number of hydrogen-bond donors (Lipinski definition) is 0. The van der Waals surface area contributed by atoms with Gasteiger partial charge in [-0.25, -0.2) is 4.21 Å². The van der Waals surface area contributed by atoms with Crippen LogP contribution in [0, 0.1) is 0 Å². The van der Waals surface area contributed by atoms with E-state index in [1.165, 1.54) is 11.1 Å². The summed E-state index contributed by atoms with van der Waals surface area (Å²) in [6.45, 7) is 0. The van der Waals surface area contributed by atoms with Gasteiger partial charge in [0.2, 0.25) is 5.43 Å². The lowest BCUT2D eigenvalue weighted by molar-refractivity contribution is 0.660. The molecule has 6 rings (SSSR count). The SMILES string of the molecule is O=S1c2ccccc2Cc2ccccc21.O=c1c2ccccc2oc2ccccc12. The van der Waals surface area contributed by atoms with Crippen molar-refractivity contribution >= 4 is 32.7 Å². The second-order valence-corrected chi connectivity index (χ2v) is 8.50. The average molecular weight is 410 g/mol. The van der Waals surface area contributed by atoms with Gasteiger partial charge in [0.05, 0.1) is 21.6 Å². The Morgan fingerprint density at radius 3 is 1.57 bits per heavy atom. The van der Waals surface area contributed by atoms with E-state index < -0.39 is 10.8 Å². The molecule has 0 radical (unpaired) electrons. The third-order valence-corrected chi connectivity index (χ3v) is 6.80. The van der Waals surface area contributed by atoms with Crippen LogP contribution >= 0.6 is 0 Å². The lowest BCUT2D eigenvalue weighted by Crippen LogP contribution is -2.08. The molecule has 0 aliphatic carbocycles. The van der Waals surface area contributed by atoms with Crippen LogP contribution < -0.4 is 5.43 Å². The van der Waals surface area contributed by atoms with Gasteiger partial charge in [0, 0.05) is 9.79 Å². The summed E-state index contributed by atoms with van der Waals surface area (Å²) in [4.78, 5) is 14.0. The Morgan fingerprint density at radius 1 is 0.600 bits per heavy atom. The fourth-order valence-corrected chi connectivity index (χ4v) is 5.13.